The lowest BCUT2D eigenvalue weighted by Gasteiger charge is -2.39. The topological polar surface area (TPSA) is 35.5 Å². The second-order valence-corrected chi connectivity index (χ2v) is 5.95. The molecule has 0 heterocycles. The van der Waals surface area contributed by atoms with Crippen LogP contribution in [0.4, 0.5) is 14.5 Å². The van der Waals surface area contributed by atoms with Crippen molar-refractivity contribution in [1.82, 2.24) is 5.32 Å². The molecule has 1 aliphatic carbocycles. The molecule has 2 rings (SSSR count). The molecule has 1 aromatic rings. The van der Waals surface area contributed by atoms with Crippen molar-refractivity contribution in [3.63, 3.8) is 0 Å². The van der Waals surface area contributed by atoms with Crippen molar-refractivity contribution in [3.8, 4) is 0 Å². The van der Waals surface area contributed by atoms with Gasteiger partial charge >= 0.3 is 0 Å². The average Bonchev–Trinajstić information content (AvgIpc) is 2.33. The number of halogens is 2. The van der Waals surface area contributed by atoms with Crippen LogP contribution >= 0.6 is 0 Å². The quantitative estimate of drug-likeness (QED) is 0.812. The van der Waals surface area contributed by atoms with E-state index >= 15 is 0 Å². The molecular weight excluding hydrogens is 274 g/mol. The molecule has 3 nitrogen and oxygen atoms in total. The Balaban J connectivity index is 2.21. The smallest absolute Gasteiger partial charge is 0.149 e. The molecule has 1 saturated carbocycles. The van der Waals surface area contributed by atoms with Gasteiger partial charge in [-0.05, 0) is 37.0 Å². The van der Waals surface area contributed by atoms with Gasteiger partial charge in [-0.15, -0.1) is 0 Å². The fourth-order valence-corrected chi connectivity index (χ4v) is 2.60. The number of nitrogens with one attached hydrogen (secondary N) is 1. The summed E-state index contributed by atoms with van der Waals surface area (Å²) in [4.78, 5) is 1.67. The summed E-state index contributed by atoms with van der Waals surface area (Å²) in [7, 11) is 0. The van der Waals surface area contributed by atoms with E-state index in [4.69, 9.17) is 5.11 Å². The molecule has 5 heteroatoms. The SMILES string of the molecule is CC(C)NCc1cc(F)c(N(CCO)C2CCC2)c(F)c1. The Hall–Kier alpha value is -1.20. The fraction of sp³-hybridized carbons (Fsp3) is 0.625. The summed E-state index contributed by atoms with van der Waals surface area (Å²) in [6, 6.07) is 3.17. The average molecular weight is 298 g/mol. The molecule has 0 unspecified atom stereocenters. The first kappa shape index (κ1) is 16.2. The molecule has 1 aromatic carbocycles. The Morgan fingerprint density at radius 3 is 2.33 bits per heavy atom. The molecular formula is C16H24F2N2O. The van der Waals surface area contributed by atoms with Crippen molar-refractivity contribution < 1.29 is 13.9 Å². The van der Waals surface area contributed by atoms with Crippen LogP contribution in [-0.2, 0) is 6.54 Å². The molecule has 1 fully saturated rings. The molecule has 21 heavy (non-hydrogen) atoms. The van der Waals surface area contributed by atoms with Crippen LogP contribution in [0.25, 0.3) is 0 Å². The third kappa shape index (κ3) is 3.92. The van der Waals surface area contributed by atoms with Gasteiger partial charge < -0.3 is 15.3 Å². The van der Waals surface area contributed by atoms with Crippen molar-refractivity contribution in [1.29, 1.82) is 0 Å². The summed E-state index contributed by atoms with van der Waals surface area (Å²) in [5.74, 6) is -1.09. The molecule has 118 valence electrons. The number of nitrogens with zero attached hydrogens (tertiary/aromatic N) is 1. The van der Waals surface area contributed by atoms with Crippen molar-refractivity contribution in [2.75, 3.05) is 18.1 Å². The highest BCUT2D eigenvalue weighted by molar-refractivity contribution is 5.52. The molecule has 0 atom stereocenters. The van der Waals surface area contributed by atoms with Crippen LogP contribution in [0.1, 0.15) is 38.7 Å². The maximum atomic E-state index is 14.3. The van der Waals surface area contributed by atoms with Gasteiger partial charge in [0.15, 0.2) is 0 Å². The number of benzene rings is 1. The minimum atomic E-state index is -0.545. The summed E-state index contributed by atoms with van der Waals surface area (Å²) in [5.41, 5.74) is 0.599. The van der Waals surface area contributed by atoms with Crippen molar-refractivity contribution in [2.24, 2.45) is 0 Å². The number of aliphatic hydroxyl groups excluding tert-OH is 1. The van der Waals surface area contributed by atoms with Gasteiger partial charge in [0.05, 0.1) is 6.61 Å². The van der Waals surface area contributed by atoms with Gasteiger partial charge in [0.2, 0.25) is 0 Å². The third-order valence-corrected chi connectivity index (χ3v) is 3.93. The van der Waals surface area contributed by atoms with Gasteiger partial charge in [0.25, 0.3) is 0 Å². The van der Waals surface area contributed by atoms with Gasteiger partial charge in [-0.25, -0.2) is 8.78 Å². The van der Waals surface area contributed by atoms with E-state index in [-0.39, 0.29) is 30.9 Å². The lowest BCUT2D eigenvalue weighted by Crippen LogP contribution is -2.43. The summed E-state index contributed by atoms with van der Waals surface area (Å²) in [6.45, 7) is 4.57. The van der Waals surface area contributed by atoms with E-state index < -0.39 is 11.6 Å². The van der Waals surface area contributed by atoms with Crippen LogP contribution in [-0.4, -0.2) is 30.3 Å². The maximum Gasteiger partial charge on any atom is 0.149 e. The summed E-state index contributed by atoms with van der Waals surface area (Å²) in [6.07, 6.45) is 2.93. The van der Waals surface area contributed by atoms with E-state index in [1.807, 2.05) is 13.8 Å². The monoisotopic (exact) mass is 298 g/mol. The van der Waals surface area contributed by atoms with Crippen LogP contribution in [0.15, 0.2) is 12.1 Å². The molecule has 0 amide bonds. The number of anilines is 1. The zero-order chi connectivity index (χ0) is 15.4. The summed E-state index contributed by atoms with van der Waals surface area (Å²) < 4.78 is 28.7. The largest absolute Gasteiger partial charge is 0.395 e. The van der Waals surface area contributed by atoms with E-state index in [2.05, 4.69) is 5.32 Å². The van der Waals surface area contributed by atoms with Crippen LogP contribution < -0.4 is 10.2 Å². The number of rotatable bonds is 7. The maximum absolute atomic E-state index is 14.3. The number of aliphatic hydroxyl groups is 1. The van der Waals surface area contributed by atoms with E-state index in [9.17, 15) is 8.78 Å². The third-order valence-electron chi connectivity index (χ3n) is 3.93. The Labute approximate surface area is 125 Å². The lowest BCUT2D eigenvalue weighted by atomic mass is 9.91. The first-order valence-corrected chi connectivity index (χ1v) is 7.61. The second kappa shape index (κ2) is 7.18. The van der Waals surface area contributed by atoms with Crippen molar-refractivity contribution in [3.05, 3.63) is 29.3 Å². The van der Waals surface area contributed by atoms with E-state index in [0.29, 0.717) is 12.1 Å². The zero-order valence-corrected chi connectivity index (χ0v) is 12.7. The predicted molar refractivity (Wildman–Crippen MR) is 80.4 cm³/mol. The molecule has 0 radical (unpaired) electrons. The van der Waals surface area contributed by atoms with Crippen LogP contribution in [0.5, 0.6) is 0 Å². The molecule has 2 N–H and O–H groups in total. The van der Waals surface area contributed by atoms with Crippen LogP contribution in [0.2, 0.25) is 0 Å². The van der Waals surface area contributed by atoms with E-state index in [1.54, 1.807) is 4.90 Å². The molecule has 0 aliphatic heterocycles. The molecule has 0 aromatic heterocycles. The Kier molecular flexibility index (Phi) is 5.53. The standard InChI is InChI=1S/C16H24F2N2O/c1-11(2)19-10-12-8-14(17)16(15(18)9-12)20(6-7-21)13-4-3-5-13/h8-9,11,13,19,21H,3-7,10H2,1-2H3. The second-order valence-electron chi connectivity index (χ2n) is 5.95. The predicted octanol–water partition coefficient (Wildman–Crippen LogP) is 2.81. The lowest BCUT2D eigenvalue weighted by molar-refractivity contribution is 0.281. The summed E-state index contributed by atoms with van der Waals surface area (Å²) >= 11 is 0. The van der Waals surface area contributed by atoms with Crippen molar-refractivity contribution >= 4 is 5.69 Å². The van der Waals surface area contributed by atoms with Crippen molar-refractivity contribution in [2.45, 2.75) is 51.7 Å². The van der Waals surface area contributed by atoms with Gasteiger partial charge in [-0.1, -0.05) is 13.8 Å². The first-order chi connectivity index (χ1) is 10.0. The highest BCUT2D eigenvalue weighted by Gasteiger charge is 2.29. The zero-order valence-electron chi connectivity index (χ0n) is 12.7. The Morgan fingerprint density at radius 1 is 1.29 bits per heavy atom. The highest BCUT2D eigenvalue weighted by atomic mass is 19.1. The number of hydrogen-bond donors (Lipinski definition) is 2. The van der Waals surface area contributed by atoms with E-state index in [1.165, 1.54) is 12.1 Å². The van der Waals surface area contributed by atoms with Crippen LogP contribution in [0.3, 0.4) is 0 Å². The minimum Gasteiger partial charge on any atom is -0.395 e. The summed E-state index contributed by atoms with van der Waals surface area (Å²) in [5, 5.41) is 12.3. The van der Waals surface area contributed by atoms with Gasteiger partial charge in [-0.2, -0.15) is 0 Å². The minimum absolute atomic E-state index is 0.00190. The Morgan fingerprint density at radius 2 is 1.90 bits per heavy atom. The van der Waals surface area contributed by atoms with Gasteiger partial charge in [0, 0.05) is 25.2 Å². The first-order valence-electron chi connectivity index (χ1n) is 7.61. The van der Waals surface area contributed by atoms with E-state index in [0.717, 1.165) is 19.3 Å². The van der Waals surface area contributed by atoms with Crippen LogP contribution in [0, 0.1) is 11.6 Å². The van der Waals surface area contributed by atoms with Gasteiger partial charge in [0.1, 0.15) is 17.3 Å². The fourth-order valence-electron chi connectivity index (χ4n) is 2.60. The molecule has 0 saturated heterocycles. The number of hydrogen-bond acceptors (Lipinski definition) is 3. The molecule has 0 bridgehead atoms. The molecule has 1 aliphatic rings. The molecule has 0 spiro atoms. The van der Waals surface area contributed by atoms with Gasteiger partial charge in [-0.3, -0.25) is 0 Å². The Bertz CT molecular complexity index is 452. The highest BCUT2D eigenvalue weighted by Crippen LogP contribution is 2.33. The normalized spacial score (nSPS) is 15.3.